The molecule has 0 radical (unpaired) electrons. The second-order valence-electron chi connectivity index (χ2n) is 7.91. The van der Waals surface area contributed by atoms with Crippen molar-refractivity contribution in [3.8, 4) is 0 Å². The standard InChI is InChI=1S/C19H25F3N4O4S/c1-18(2,3)16-14(11-26(24-16)31(28,29)12-19(20,21)22)10-23-15-8-6-13(7-9-15)17(27)25(4)30-5/h6-9,11,23H,10,12H2,1-5H3. The molecule has 31 heavy (non-hydrogen) atoms. The Balaban J connectivity index is 2.25. The van der Waals surface area contributed by atoms with Crippen LogP contribution in [0, 0.1) is 0 Å². The second kappa shape index (κ2) is 8.87. The molecule has 0 aliphatic heterocycles. The summed E-state index contributed by atoms with van der Waals surface area (Å²) in [6, 6.07) is 6.47. The summed E-state index contributed by atoms with van der Waals surface area (Å²) in [4.78, 5) is 16.9. The van der Waals surface area contributed by atoms with Crippen LogP contribution in [0.1, 0.15) is 42.4 Å². The topological polar surface area (TPSA) is 93.5 Å². The molecule has 2 aromatic rings. The predicted octanol–water partition coefficient (Wildman–Crippen LogP) is 3.17. The largest absolute Gasteiger partial charge is 0.404 e. The van der Waals surface area contributed by atoms with E-state index in [1.165, 1.54) is 14.2 Å². The molecule has 0 atom stereocenters. The third-order valence-electron chi connectivity index (χ3n) is 4.29. The number of rotatable bonds is 7. The highest BCUT2D eigenvalue weighted by Crippen LogP contribution is 2.27. The summed E-state index contributed by atoms with van der Waals surface area (Å²) in [6.07, 6.45) is -3.78. The number of amides is 1. The van der Waals surface area contributed by atoms with Crippen molar-refractivity contribution < 1.29 is 31.2 Å². The molecule has 0 saturated carbocycles. The van der Waals surface area contributed by atoms with Crippen LogP contribution < -0.4 is 5.32 Å². The number of hydrogen-bond acceptors (Lipinski definition) is 6. The number of nitrogens with zero attached hydrogens (tertiary/aromatic N) is 3. The summed E-state index contributed by atoms with van der Waals surface area (Å²) in [6.45, 7) is 5.48. The SMILES string of the molecule is CON(C)C(=O)c1ccc(NCc2cn(S(=O)(=O)CC(F)(F)F)nc2C(C)(C)C)cc1. The number of carbonyl (C=O) groups excluding carboxylic acids is 1. The lowest BCUT2D eigenvalue weighted by Crippen LogP contribution is -2.28. The van der Waals surface area contributed by atoms with Crippen molar-refractivity contribution in [2.75, 3.05) is 25.2 Å². The Labute approximate surface area is 179 Å². The molecule has 8 nitrogen and oxygen atoms in total. The van der Waals surface area contributed by atoms with Crippen LogP contribution in [0.25, 0.3) is 0 Å². The first-order valence-electron chi connectivity index (χ1n) is 9.19. The molecule has 0 unspecified atom stereocenters. The van der Waals surface area contributed by atoms with Crippen LogP contribution in [0.3, 0.4) is 0 Å². The fourth-order valence-electron chi connectivity index (χ4n) is 2.76. The van der Waals surface area contributed by atoms with Gasteiger partial charge < -0.3 is 5.32 Å². The van der Waals surface area contributed by atoms with Crippen LogP contribution in [0.2, 0.25) is 0 Å². The molecule has 0 bridgehead atoms. The van der Waals surface area contributed by atoms with Crippen LogP contribution in [-0.4, -0.2) is 54.7 Å². The first-order chi connectivity index (χ1) is 14.1. The Hall–Kier alpha value is -2.60. The number of nitrogens with one attached hydrogen (secondary N) is 1. The van der Waals surface area contributed by atoms with E-state index in [-0.39, 0.29) is 12.5 Å². The zero-order valence-corrected chi connectivity index (χ0v) is 18.6. The van der Waals surface area contributed by atoms with Crippen molar-refractivity contribution in [3.05, 3.63) is 47.3 Å². The van der Waals surface area contributed by atoms with Crippen molar-refractivity contribution in [3.63, 3.8) is 0 Å². The monoisotopic (exact) mass is 462 g/mol. The van der Waals surface area contributed by atoms with Crippen LogP contribution >= 0.6 is 0 Å². The zero-order chi connectivity index (χ0) is 23.6. The smallest absolute Gasteiger partial charge is 0.381 e. The summed E-state index contributed by atoms with van der Waals surface area (Å²) in [7, 11) is -1.84. The quantitative estimate of drug-likeness (QED) is 0.636. The van der Waals surface area contributed by atoms with E-state index < -0.39 is 27.4 Å². The molecule has 172 valence electrons. The summed E-state index contributed by atoms with van der Waals surface area (Å²) >= 11 is 0. The van der Waals surface area contributed by atoms with E-state index in [0.29, 0.717) is 26.6 Å². The van der Waals surface area contributed by atoms with Gasteiger partial charge in [-0.15, -0.1) is 0 Å². The second-order valence-corrected chi connectivity index (χ2v) is 9.74. The lowest BCUT2D eigenvalue weighted by atomic mass is 9.89. The maximum absolute atomic E-state index is 12.6. The summed E-state index contributed by atoms with van der Waals surface area (Å²) in [5.41, 5.74) is 1.23. The number of carbonyl (C=O) groups is 1. The van der Waals surface area contributed by atoms with Gasteiger partial charge in [0.05, 0.1) is 12.8 Å². The van der Waals surface area contributed by atoms with E-state index >= 15 is 0 Å². The Morgan fingerprint density at radius 1 is 1.19 bits per heavy atom. The molecule has 0 aliphatic rings. The molecule has 0 fully saturated rings. The maximum Gasteiger partial charge on any atom is 0.404 e. The average molecular weight is 462 g/mol. The van der Waals surface area contributed by atoms with Gasteiger partial charge in [-0.25, -0.2) is 13.5 Å². The van der Waals surface area contributed by atoms with E-state index in [0.717, 1.165) is 11.3 Å². The van der Waals surface area contributed by atoms with Gasteiger partial charge in [-0.3, -0.25) is 9.63 Å². The molecule has 1 aromatic heterocycles. The number of hydrogen-bond donors (Lipinski definition) is 1. The first-order valence-corrected chi connectivity index (χ1v) is 10.8. The van der Waals surface area contributed by atoms with Gasteiger partial charge in [0.2, 0.25) is 0 Å². The number of anilines is 1. The first kappa shape index (κ1) is 24.7. The van der Waals surface area contributed by atoms with E-state index in [9.17, 15) is 26.4 Å². The number of alkyl halides is 3. The van der Waals surface area contributed by atoms with Crippen molar-refractivity contribution in [2.24, 2.45) is 0 Å². The lowest BCUT2D eigenvalue weighted by Gasteiger charge is -2.18. The molecule has 0 aliphatic carbocycles. The van der Waals surface area contributed by atoms with E-state index in [1.54, 1.807) is 45.0 Å². The third kappa shape index (κ3) is 6.44. The molecule has 1 N–H and O–H groups in total. The third-order valence-corrected chi connectivity index (χ3v) is 5.73. The summed E-state index contributed by atoms with van der Waals surface area (Å²) in [5.74, 6) is -2.33. The summed E-state index contributed by atoms with van der Waals surface area (Å²) in [5, 5.41) is 8.09. The van der Waals surface area contributed by atoms with Crippen molar-refractivity contribution in [1.82, 2.24) is 14.2 Å². The fraction of sp³-hybridized carbons (Fsp3) is 0.474. The molecule has 0 spiro atoms. The van der Waals surface area contributed by atoms with Gasteiger partial charge in [0.25, 0.3) is 15.9 Å². The highest BCUT2D eigenvalue weighted by molar-refractivity contribution is 7.89. The van der Waals surface area contributed by atoms with E-state index in [2.05, 4.69) is 10.4 Å². The van der Waals surface area contributed by atoms with Gasteiger partial charge >= 0.3 is 6.18 Å². The van der Waals surface area contributed by atoms with E-state index in [4.69, 9.17) is 4.84 Å². The van der Waals surface area contributed by atoms with Crippen molar-refractivity contribution in [2.45, 2.75) is 38.9 Å². The van der Waals surface area contributed by atoms with Crippen LogP contribution in [0.4, 0.5) is 18.9 Å². The highest BCUT2D eigenvalue weighted by atomic mass is 32.2. The van der Waals surface area contributed by atoms with Crippen LogP contribution in [0.15, 0.2) is 30.5 Å². The molecule has 2 rings (SSSR count). The number of hydroxylamine groups is 2. The minimum Gasteiger partial charge on any atom is -0.381 e. The van der Waals surface area contributed by atoms with Crippen LogP contribution in [-0.2, 0) is 26.8 Å². The van der Waals surface area contributed by atoms with Crippen molar-refractivity contribution >= 4 is 21.6 Å². The average Bonchev–Trinajstić information content (AvgIpc) is 3.09. The molecule has 12 heteroatoms. The normalized spacial score (nSPS) is 12.6. The van der Waals surface area contributed by atoms with Gasteiger partial charge in [0, 0.05) is 42.0 Å². The molecule has 0 saturated heterocycles. The number of halogens is 3. The zero-order valence-electron chi connectivity index (χ0n) is 17.8. The summed E-state index contributed by atoms with van der Waals surface area (Å²) < 4.78 is 62.5. The van der Waals surface area contributed by atoms with Gasteiger partial charge in [-0.05, 0) is 24.3 Å². The Kier molecular flexibility index (Phi) is 7.06. The van der Waals surface area contributed by atoms with Gasteiger partial charge in [0.1, 0.15) is 0 Å². The van der Waals surface area contributed by atoms with Gasteiger partial charge in [-0.2, -0.15) is 22.4 Å². The van der Waals surface area contributed by atoms with Crippen molar-refractivity contribution in [1.29, 1.82) is 0 Å². The highest BCUT2D eigenvalue weighted by Gasteiger charge is 2.37. The van der Waals surface area contributed by atoms with Gasteiger partial charge in [-0.1, -0.05) is 20.8 Å². The molecule has 1 heterocycles. The van der Waals surface area contributed by atoms with Crippen LogP contribution in [0.5, 0.6) is 0 Å². The minimum absolute atomic E-state index is 0.124. The fourth-order valence-corrected chi connectivity index (χ4v) is 3.80. The predicted molar refractivity (Wildman–Crippen MR) is 109 cm³/mol. The Morgan fingerprint density at radius 3 is 2.26 bits per heavy atom. The molecule has 1 aromatic carbocycles. The molecule has 1 amide bonds. The Morgan fingerprint density at radius 2 is 1.77 bits per heavy atom. The number of aromatic nitrogens is 2. The minimum atomic E-state index is -4.87. The van der Waals surface area contributed by atoms with Gasteiger partial charge in [0.15, 0.2) is 5.75 Å². The lowest BCUT2D eigenvalue weighted by molar-refractivity contribution is -0.106. The Bertz CT molecular complexity index is 1030. The van der Waals surface area contributed by atoms with E-state index in [1.807, 2.05) is 0 Å². The number of benzene rings is 1. The maximum atomic E-state index is 12.6. The molecular formula is C19H25F3N4O4S. The molecular weight excluding hydrogens is 437 g/mol.